The zero-order valence-corrected chi connectivity index (χ0v) is 12.0. The minimum atomic E-state index is 0.240. The lowest BCUT2D eigenvalue weighted by Crippen LogP contribution is -2.45. The van der Waals surface area contributed by atoms with Crippen molar-refractivity contribution in [2.45, 2.75) is 39.7 Å². The number of rotatable bonds is 4. The number of amides is 1. The smallest absolute Gasteiger partial charge is 0.222 e. The standard InChI is InChI=1S/C13H26N4O/c1-5-12(18)17-7-6-11(9-17)16-13(14-4)15-8-10(2)3/h10-11H,5-9H2,1-4H3,(H2,14,15,16). The van der Waals surface area contributed by atoms with Crippen LogP contribution in [0.1, 0.15) is 33.6 Å². The number of carbonyl (C=O) groups excluding carboxylic acids is 1. The maximum absolute atomic E-state index is 11.6. The number of carbonyl (C=O) groups is 1. The average molecular weight is 254 g/mol. The highest BCUT2D eigenvalue weighted by molar-refractivity contribution is 5.80. The summed E-state index contributed by atoms with van der Waals surface area (Å²) in [5, 5.41) is 6.66. The van der Waals surface area contributed by atoms with Gasteiger partial charge in [0.25, 0.3) is 0 Å². The molecule has 1 fully saturated rings. The molecular weight excluding hydrogens is 228 g/mol. The molecule has 1 saturated heterocycles. The topological polar surface area (TPSA) is 56.7 Å². The van der Waals surface area contributed by atoms with E-state index in [0.717, 1.165) is 32.0 Å². The minimum absolute atomic E-state index is 0.240. The Balaban J connectivity index is 2.36. The van der Waals surface area contributed by atoms with Crippen LogP contribution in [0.3, 0.4) is 0 Å². The third-order valence-electron chi connectivity index (χ3n) is 3.09. The molecule has 1 atom stereocenters. The van der Waals surface area contributed by atoms with Crippen molar-refractivity contribution in [1.82, 2.24) is 15.5 Å². The monoisotopic (exact) mass is 254 g/mol. The molecule has 18 heavy (non-hydrogen) atoms. The number of likely N-dealkylation sites (tertiary alicyclic amines) is 1. The highest BCUT2D eigenvalue weighted by Gasteiger charge is 2.25. The predicted molar refractivity (Wildman–Crippen MR) is 74.6 cm³/mol. The van der Waals surface area contributed by atoms with Gasteiger partial charge in [0, 0.05) is 39.1 Å². The summed E-state index contributed by atoms with van der Waals surface area (Å²) >= 11 is 0. The van der Waals surface area contributed by atoms with Crippen LogP contribution in [-0.4, -0.2) is 49.5 Å². The van der Waals surface area contributed by atoms with E-state index in [9.17, 15) is 4.79 Å². The molecule has 1 aliphatic rings. The van der Waals surface area contributed by atoms with Gasteiger partial charge in [0.15, 0.2) is 5.96 Å². The fourth-order valence-electron chi connectivity index (χ4n) is 2.02. The van der Waals surface area contributed by atoms with Crippen molar-refractivity contribution in [3.8, 4) is 0 Å². The summed E-state index contributed by atoms with van der Waals surface area (Å²) in [7, 11) is 1.78. The van der Waals surface area contributed by atoms with Gasteiger partial charge >= 0.3 is 0 Å². The van der Waals surface area contributed by atoms with Gasteiger partial charge in [0.05, 0.1) is 0 Å². The lowest BCUT2D eigenvalue weighted by molar-refractivity contribution is -0.129. The molecule has 0 aliphatic carbocycles. The molecule has 0 saturated carbocycles. The maximum Gasteiger partial charge on any atom is 0.222 e. The van der Waals surface area contributed by atoms with Gasteiger partial charge < -0.3 is 15.5 Å². The SMILES string of the molecule is CCC(=O)N1CCC(NC(=NC)NCC(C)C)C1. The van der Waals surface area contributed by atoms with Crippen molar-refractivity contribution in [2.75, 3.05) is 26.7 Å². The molecule has 0 spiro atoms. The van der Waals surface area contributed by atoms with Gasteiger partial charge in [-0.25, -0.2) is 0 Å². The van der Waals surface area contributed by atoms with Crippen molar-refractivity contribution in [1.29, 1.82) is 0 Å². The van der Waals surface area contributed by atoms with Crippen molar-refractivity contribution in [2.24, 2.45) is 10.9 Å². The molecule has 0 aromatic carbocycles. The fraction of sp³-hybridized carbons (Fsp3) is 0.846. The lowest BCUT2D eigenvalue weighted by atomic mass is 10.2. The van der Waals surface area contributed by atoms with Crippen LogP contribution in [0.5, 0.6) is 0 Å². The lowest BCUT2D eigenvalue weighted by Gasteiger charge is -2.19. The van der Waals surface area contributed by atoms with Gasteiger partial charge in [-0.1, -0.05) is 20.8 Å². The Bertz CT molecular complexity index is 301. The molecule has 1 heterocycles. The second-order valence-corrected chi connectivity index (χ2v) is 5.17. The number of nitrogens with zero attached hydrogens (tertiary/aromatic N) is 2. The third kappa shape index (κ3) is 4.55. The van der Waals surface area contributed by atoms with Gasteiger partial charge in [0.2, 0.25) is 5.91 Å². The van der Waals surface area contributed by atoms with E-state index in [-0.39, 0.29) is 5.91 Å². The zero-order chi connectivity index (χ0) is 13.5. The molecule has 5 heteroatoms. The molecule has 2 N–H and O–H groups in total. The summed E-state index contributed by atoms with van der Waals surface area (Å²) in [5.74, 6) is 1.66. The summed E-state index contributed by atoms with van der Waals surface area (Å²) in [4.78, 5) is 17.7. The molecule has 1 amide bonds. The molecule has 1 rings (SSSR count). The average Bonchev–Trinajstić information content (AvgIpc) is 2.81. The van der Waals surface area contributed by atoms with Crippen LogP contribution < -0.4 is 10.6 Å². The van der Waals surface area contributed by atoms with E-state index in [0.29, 0.717) is 18.4 Å². The Morgan fingerprint density at radius 3 is 2.78 bits per heavy atom. The summed E-state index contributed by atoms with van der Waals surface area (Å²) in [6.45, 7) is 8.78. The number of hydrogen-bond donors (Lipinski definition) is 2. The van der Waals surface area contributed by atoms with E-state index >= 15 is 0 Å². The van der Waals surface area contributed by atoms with Crippen molar-refractivity contribution in [3.05, 3.63) is 0 Å². The van der Waals surface area contributed by atoms with Crippen LogP contribution in [-0.2, 0) is 4.79 Å². The Morgan fingerprint density at radius 2 is 2.22 bits per heavy atom. The van der Waals surface area contributed by atoms with E-state index < -0.39 is 0 Å². The van der Waals surface area contributed by atoms with Gasteiger partial charge in [-0.15, -0.1) is 0 Å². The van der Waals surface area contributed by atoms with Gasteiger partial charge in [-0.05, 0) is 12.3 Å². The molecule has 5 nitrogen and oxygen atoms in total. The van der Waals surface area contributed by atoms with Crippen LogP contribution in [0, 0.1) is 5.92 Å². The van der Waals surface area contributed by atoms with Gasteiger partial charge in [-0.2, -0.15) is 0 Å². The number of hydrogen-bond acceptors (Lipinski definition) is 2. The molecule has 0 bridgehead atoms. The van der Waals surface area contributed by atoms with Crippen LogP contribution in [0.4, 0.5) is 0 Å². The first-order chi connectivity index (χ1) is 8.56. The Hall–Kier alpha value is -1.26. The molecule has 1 unspecified atom stereocenters. The molecule has 0 aromatic heterocycles. The van der Waals surface area contributed by atoms with E-state index in [2.05, 4.69) is 29.5 Å². The highest BCUT2D eigenvalue weighted by Crippen LogP contribution is 2.10. The van der Waals surface area contributed by atoms with E-state index in [4.69, 9.17) is 0 Å². The maximum atomic E-state index is 11.6. The highest BCUT2D eigenvalue weighted by atomic mass is 16.2. The first-order valence-corrected chi connectivity index (χ1v) is 6.81. The number of guanidine groups is 1. The summed E-state index contributed by atoms with van der Waals surface area (Å²) < 4.78 is 0. The van der Waals surface area contributed by atoms with Crippen molar-refractivity contribution in [3.63, 3.8) is 0 Å². The van der Waals surface area contributed by atoms with Crippen LogP contribution in [0.25, 0.3) is 0 Å². The van der Waals surface area contributed by atoms with E-state index in [1.807, 2.05) is 11.8 Å². The minimum Gasteiger partial charge on any atom is -0.356 e. The second kappa shape index (κ2) is 7.24. The van der Waals surface area contributed by atoms with Crippen LogP contribution >= 0.6 is 0 Å². The number of aliphatic imine (C=N–C) groups is 1. The number of nitrogens with one attached hydrogen (secondary N) is 2. The van der Waals surface area contributed by atoms with Crippen LogP contribution in [0.2, 0.25) is 0 Å². The van der Waals surface area contributed by atoms with Gasteiger partial charge in [-0.3, -0.25) is 9.79 Å². The fourth-order valence-corrected chi connectivity index (χ4v) is 2.02. The molecular formula is C13H26N4O. The van der Waals surface area contributed by atoms with Crippen molar-refractivity contribution >= 4 is 11.9 Å². The van der Waals surface area contributed by atoms with Crippen molar-refractivity contribution < 1.29 is 4.79 Å². The van der Waals surface area contributed by atoms with E-state index in [1.54, 1.807) is 7.05 Å². The Morgan fingerprint density at radius 1 is 1.50 bits per heavy atom. The third-order valence-corrected chi connectivity index (χ3v) is 3.09. The predicted octanol–water partition coefficient (Wildman–Crippen LogP) is 0.818. The second-order valence-electron chi connectivity index (χ2n) is 5.17. The Kier molecular flexibility index (Phi) is 5.95. The van der Waals surface area contributed by atoms with Crippen LogP contribution in [0.15, 0.2) is 4.99 Å². The molecule has 104 valence electrons. The molecule has 0 aromatic rings. The summed E-state index contributed by atoms with van der Waals surface area (Å²) in [6.07, 6.45) is 1.58. The Labute approximate surface area is 110 Å². The zero-order valence-electron chi connectivity index (χ0n) is 12.0. The van der Waals surface area contributed by atoms with E-state index in [1.165, 1.54) is 0 Å². The summed E-state index contributed by atoms with van der Waals surface area (Å²) in [6, 6.07) is 0.318. The molecule has 0 radical (unpaired) electrons. The first kappa shape index (κ1) is 14.8. The quantitative estimate of drug-likeness (QED) is 0.577. The summed E-state index contributed by atoms with van der Waals surface area (Å²) in [5.41, 5.74) is 0. The normalized spacial score (nSPS) is 20.4. The first-order valence-electron chi connectivity index (χ1n) is 6.81. The largest absolute Gasteiger partial charge is 0.356 e. The van der Waals surface area contributed by atoms with Gasteiger partial charge in [0.1, 0.15) is 0 Å². The molecule has 1 aliphatic heterocycles.